The molecule has 0 radical (unpaired) electrons. The number of rotatable bonds is 6. The first kappa shape index (κ1) is 17.3. The lowest BCUT2D eigenvalue weighted by molar-refractivity contribution is 0.146. The molecule has 4 aromatic rings. The number of hydrogen-bond acceptors (Lipinski definition) is 4. The first-order valence-electron chi connectivity index (χ1n) is 8.87. The van der Waals surface area contributed by atoms with Crippen LogP contribution in [-0.4, -0.2) is 39.5 Å². The summed E-state index contributed by atoms with van der Waals surface area (Å²) < 4.78 is 14.5. The van der Waals surface area contributed by atoms with Gasteiger partial charge in [-0.15, -0.1) is 0 Å². The minimum Gasteiger partial charge on any atom is -0.491 e. The number of pyridine rings is 1. The average molecular weight is 362 g/mol. The number of aromatic nitrogens is 4. The zero-order chi connectivity index (χ0) is 18.8. The van der Waals surface area contributed by atoms with Crippen molar-refractivity contribution in [3.63, 3.8) is 0 Å². The third-order valence-corrected chi connectivity index (χ3v) is 4.54. The van der Waals surface area contributed by atoms with E-state index in [-0.39, 0.29) is 0 Å². The van der Waals surface area contributed by atoms with Crippen LogP contribution in [0.4, 0.5) is 0 Å². The molecule has 0 spiro atoms. The van der Waals surface area contributed by atoms with Crippen molar-refractivity contribution in [1.29, 1.82) is 0 Å². The highest BCUT2D eigenvalue weighted by Crippen LogP contribution is 2.25. The summed E-state index contributed by atoms with van der Waals surface area (Å²) in [5.74, 6) is 1.65. The highest BCUT2D eigenvalue weighted by molar-refractivity contribution is 5.67. The van der Waals surface area contributed by atoms with Gasteiger partial charge >= 0.3 is 0 Å². The van der Waals surface area contributed by atoms with E-state index in [1.54, 1.807) is 7.11 Å². The Morgan fingerprint density at radius 3 is 2.78 bits per heavy atom. The summed E-state index contributed by atoms with van der Waals surface area (Å²) in [4.78, 5) is 4.49. The number of benzene rings is 1. The lowest BCUT2D eigenvalue weighted by atomic mass is 10.0. The number of fused-ring (bicyclic) bond motifs is 1. The summed E-state index contributed by atoms with van der Waals surface area (Å²) in [7, 11) is 1.66. The number of hydrogen-bond donors (Lipinski definition) is 0. The fourth-order valence-corrected chi connectivity index (χ4v) is 3.08. The second kappa shape index (κ2) is 7.25. The van der Waals surface area contributed by atoms with Gasteiger partial charge in [-0.3, -0.25) is 4.40 Å². The van der Waals surface area contributed by atoms with E-state index in [0.29, 0.717) is 13.2 Å². The zero-order valence-electron chi connectivity index (χ0n) is 15.7. The fourth-order valence-electron chi connectivity index (χ4n) is 3.08. The van der Waals surface area contributed by atoms with Crippen molar-refractivity contribution < 1.29 is 9.47 Å². The van der Waals surface area contributed by atoms with Gasteiger partial charge in [0.15, 0.2) is 5.82 Å². The van der Waals surface area contributed by atoms with E-state index in [2.05, 4.69) is 42.1 Å². The summed E-state index contributed by atoms with van der Waals surface area (Å²) in [6.07, 6.45) is 7.69. The molecular weight excluding hydrogens is 340 g/mol. The van der Waals surface area contributed by atoms with Crippen molar-refractivity contribution >= 4 is 5.65 Å². The summed E-state index contributed by atoms with van der Waals surface area (Å²) in [5, 5.41) is 4.55. The number of methoxy groups -OCH3 is 1. The maximum Gasteiger partial charge on any atom is 0.158 e. The molecule has 0 amide bonds. The molecule has 0 N–H and O–H groups in total. The van der Waals surface area contributed by atoms with Gasteiger partial charge in [0.25, 0.3) is 0 Å². The van der Waals surface area contributed by atoms with Gasteiger partial charge < -0.3 is 9.47 Å². The molecule has 0 saturated heterocycles. The molecule has 3 heterocycles. The molecule has 0 aliphatic rings. The van der Waals surface area contributed by atoms with Gasteiger partial charge in [-0.25, -0.2) is 9.67 Å². The Bertz CT molecular complexity index is 1080. The van der Waals surface area contributed by atoms with Crippen molar-refractivity contribution in [1.82, 2.24) is 19.2 Å². The normalized spacial score (nSPS) is 11.2. The number of aryl methyl sites for hydroxylation is 2. The SMILES string of the molecule is COCCOc1ccn2c(-n3cc(-c4cc(C)ccc4C)cn3)cnc2c1. The van der Waals surface area contributed by atoms with Crippen molar-refractivity contribution in [3.05, 3.63) is 66.2 Å². The minimum absolute atomic E-state index is 0.512. The Labute approximate surface area is 158 Å². The standard InChI is InChI=1S/C21H22N4O2/c1-15-4-5-16(2)19(10-15)17-12-23-25(14-17)21-13-22-20-11-18(6-7-24(20)21)27-9-8-26-3/h4-7,10-14H,8-9H2,1-3H3. The van der Waals surface area contributed by atoms with E-state index in [4.69, 9.17) is 9.47 Å². The number of ether oxygens (including phenoxy) is 2. The van der Waals surface area contributed by atoms with E-state index in [0.717, 1.165) is 22.8 Å². The Balaban J connectivity index is 1.65. The molecule has 1 aromatic carbocycles. The highest BCUT2D eigenvalue weighted by Gasteiger charge is 2.10. The monoisotopic (exact) mass is 362 g/mol. The molecule has 0 bridgehead atoms. The van der Waals surface area contributed by atoms with Crippen LogP contribution in [0, 0.1) is 13.8 Å². The van der Waals surface area contributed by atoms with Crippen LogP contribution >= 0.6 is 0 Å². The Morgan fingerprint density at radius 2 is 1.93 bits per heavy atom. The summed E-state index contributed by atoms with van der Waals surface area (Å²) in [6.45, 7) is 5.29. The second-order valence-corrected chi connectivity index (χ2v) is 6.54. The van der Waals surface area contributed by atoms with Crippen LogP contribution in [-0.2, 0) is 4.74 Å². The van der Waals surface area contributed by atoms with Crippen molar-refractivity contribution in [2.24, 2.45) is 0 Å². The third kappa shape index (κ3) is 3.44. The summed E-state index contributed by atoms with van der Waals surface area (Å²) in [6, 6.07) is 10.3. The van der Waals surface area contributed by atoms with Crippen LogP contribution in [0.2, 0.25) is 0 Å². The molecule has 3 aromatic heterocycles. The molecule has 0 aliphatic carbocycles. The Morgan fingerprint density at radius 1 is 1.04 bits per heavy atom. The topological polar surface area (TPSA) is 53.6 Å². The molecule has 0 aliphatic heterocycles. The Hall–Kier alpha value is -3.12. The quantitative estimate of drug-likeness (QED) is 0.489. The van der Waals surface area contributed by atoms with Crippen molar-refractivity contribution in [3.8, 4) is 22.7 Å². The minimum atomic E-state index is 0.512. The lowest BCUT2D eigenvalue weighted by Crippen LogP contribution is -2.05. The molecule has 27 heavy (non-hydrogen) atoms. The predicted octanol–water partition coefficient (Wildman–Crippen LogP) is 3.83. The summed E-state index contributed by atoms with van der Waals surface area (Å²) in [5.41, 5.74) is 5.56. The van der Waals surface area contributed by atoms with Gasteiger partial charge in [-0.05, 0) is 31.0 Å². The third-order valence-electron chi connectivity index (χ3n) is 4.54. The molecule has 138 valence electrons. The largest absolute Gasteiger partial charge is 0.491 e. The lowest BCUT2D eigenvalue weighted by Gasteiger charge is -2.07. The first-order valence-corrected chi connectivity index (χ1v) is 8.87. The van der Waals surface area contributed by atoms with Crippen LogP contribution in [0.5, 0.6) is 5.75 Å². The maximum atomic E-state index is 5.66. The van der Waals surface area contributed by atoms with Gasteiger partial charge in [0.1, 0.15) is 18.0 Å². The molecule has 0 unspecified atom stereocenters. The second-order valence-electron chi connectivity index (χ2n) is 6.54. The van der Waals surface area contributed by atoms with Gasteiger partial charge in [-0.1, -0.05) is 23.8 Å². The molecule has 4 rings (SSSR count). The van der Waals surface area contributed by atoms with E-state index < -0.39 is 0 Å². The molecule has 0 atom stereocenters. The fraction of sp³-hybridized carbons (Fsp3) is 0.238. The van der Waals surface area contributed by atoms with Gasteiger partial charge in [0.2, 0.25) is 0 Å². The molecule has 6 nitrogen and oxygen atoms in total. The van der Waals surface area contributed by atoms with Gasteiger partial charge in [0.05, 0.1) is 19.0 Å². The van der Waals surface area contributed by atoms with Crippen molar-refractivity contribution in [2.75, 3.05) is 20.3 Å². The maximum absolute atomic E-state index is 5.66. The van der Waals surface area contributed by atoms with Crippen LogP contribution < -0.4 is 4.74 Å². The molecular formula is C21H22N4O2. The van der Waals surface area contributed by atoms with Crippen LogP contribution in [0.25, 0.3) is 22.6 Å². The van der Waals surface area contributed by atoms with E-state index in [1.807, 2.05) is 46.0 Å². The summed E-state index contributed by atoms with van der Waals surface area (Å²) >= 11 is 0. The number of nitrogens with zero attached hydrogens (tertiary/aromatic N) is 4. The predicted molar refractivity (Wildman–Crippen MR) is 105 cm³/mol. The zero-order valence-corrected chi connectivity index (χ0v) is 15.7. The molecule has 0 fully saturated rings. The van der Waals surface area contributed by atoms with E-state index in [1.165, 1.54) is 16.7 Å². The van der Waals surface area contributed by atoms with E-state index in [9.17, 15) is 0 Å². The van der Waals surface area contributed by atoms with Crippen LogP contribution in [0.15, 0.2) is 55.1 Å². The van der Waals surface area contributed by atoms with Crippen LogP contribution in [0.1, 0.15) is 11.1 Å². The molecule has 6 heteroatoms. The smallest absolute Gasteiger partial charge is 0.158 e. The Kier molecular flexibility index (Phi) is 4.64. The highest BCUT2D eigenvalue weighted by atomic mass is 16.5. The average Bonchev–Trinajstić information content (AvgIpc) is 3.30. The van der Waals surface area contributed by atoms with E-state index >= 15 is 0 Å². The van der Waals surface area contributed by atoms with Gasteiger partial charge in [0, 0.05) is 31.1 Å². The van der Waals surface area contributed by atoms with Crippen LogP contribution in [0.3, 0.4) is 0 Å². The first-order chi connectivity index (χ1) is 13.2. The molecule has 0 saturated carbocycles. The van der Waals surface area contributed by atoms with Gasteiger partial charge in [-0.2, -0.15) is 5.10 Å². The number of imidazole rings is 1. The van der Waals surface area contributed by atoms with Crippen molar-refractivity contribution in [2.45, 2.75) is 13.8 Å².